The highest BCUT2D eigenvalue weighted by Gasteiger charge is 2.35. The first-order valence-corrected chi connectivity index (χ1v) is 5.97. The van der Waals surface area contributed by atoms with Gasteiger partial charge in [-0.25, -0.2) is 0 Å². The molecule has 80 valence electrons. The van der Waals surface area contributed by atoms with Crippen molar-refractivity contribution in [2.24, 2.45) is 17.6 Å². The summed E-state index contributed by atoms with van der Waals surface area (Å²) in [5.74, 6) is 1.66. The van der Waals surface area contributed by atoms with Crippen LogP contribution >= 0.6 is 0 Å². The number of hydrogen-bond donors (Lipinski definition) is 2. The van der Waals surface area contributed by atoms with Crippen LogP contribution in [0.1, 0.15) is 32.6 Å². The molecule has 0 aromatic heterocycles. The molecule has 2 aliphatic carbocycles. The molecule has 0 spiro atoms. The molecular weight excluding hydrogens is 172 g/mol. The van der Waals surface area contributed by atoms with Gasteiger partial charge in [0.1, 0.15) is 0 Å². The number of rotatable bonds is 5. The molecule has 0 amide bonds. The van der Waals surface area contributed by atoms with E-state index in [0.717, 1.165) is 24.9 Å². The molecule has 1 saturated carbocycles. The Hall–Kier alpha value is -0.340. The maximum absolute atomic E-state index is 5.81. The van der Waals surface area contributed by atoms with Gasteiger partial charge in [0.15, 0.2) is 0 Å². The first-order chi connectivity index (χ1) is 6.79. The van der Waals surface area contributed by atoms with E-state index in [1.807, 2.05) is 0 Å². The van der Waals surface area contributed by atoms with E-state index in [9.17, 15) is 0 Å². The molecular formula is C12H22N2. The van der Waals surface area contributed by atoms with Gasteiger partial charge in [0.25, 0.3) is 0 Å². The normalized spacial score (nSPS) is 40.4. The minimum absolute atomic E-state index is 0.312. The smallest absolute Gasteiger partial charge is 0.0229 e. The maximum atomic E-state index is 5.81. The molecule has 4 unspecified atom stereocenters. The van der Waals surface area contributed by atoms with Gasteiger partial charge in [0.2, 0.25) is 0 Å². The van der Waals surface area contributed by atoms with Crippen LogP contribution in [0.2, 0.25) is 0 Å². The highest BCUT2D eigenvalue weighted by atomic mass is 15.0. The van der Waals surface area contributed by atoms with Gasteiger partial charge >= 0.3 is 0 Å². The summed E-state index contributed by atoms with van der Waals surface area (Å²) in [4.78, 5) is 0. The SMILES string of the molecule is CCCC1CC1NCC1C=CC(N)C1. The second-order valence-corrected chi connectivity index (χ2v) is 4.84. The summed E-state index contributed by atoms with van der Waals surface area (Å²) in [6, 6.07) is 1.13. The summed E-state index contributed by atoms with van der Waals surface area (Å²) in [7, 11) is 0. The van der Waals surface area contributed by atoms with Gasteiger partial charge in [-0.05, 0) is 31.1 Å². The molecule has 14 heavy (non-hydrogen) atoms. The first-order valence-electron chi connectivity index (χ1n) is 5.97. The molecule has 2 heteroatoms. The van der Waals surface area contributed by atoms with E-state index >= 15 is 0 Å². The van der Waals surface area contributed by atoms with E-state index in [4.69, 9.17) is 5.73 Å². The van der Waals surface area contributed by atoms with Gasteiger partial charge in [0, 0.05) is 18.6 Å². The predicted octanol–water partition coefficient (Wildman–Crippen LogP) is 1.67. The molecule has 0 radical (unpaired) electrons. The fraction of sp³-hybridized carbons (Fsp3) is 0.833. The molecule has 2 rings (SSSR count). The zero-order valence-electron chi connectivity index (χ0n) is 9.08. The lowest BCUT2D eigenvalue weighted by atomic mass is 10.1. The lowest BCUT2D eigenvalue weighted by Crippen LogP contribution is -2.26. The Labute approximate surface area is 86.9 Å². The number of nitrogens with one attached hydrogen (secondary N) is 1. The van der Waals surface area contributed by atoms with Crippen LogP contribution in [-0.2, 0) is 0 Å². The second-order valence-electron chi connectivity index (χ2n) is 4.84. The number of nitrogens with two attached hydrogens (primary N) is 1. The molecule has 3 N–H and O–H groups in total. The van der Waals surface area contributed by atoms with E-state index in [2.05, 4.69) is 24.4 Å². The Kier molecular flexibility index (Phi) is 3.24. The van der Waals surface area contributed by atoms with Crippen LogP contribution in [0.15, 0.2) is 12.2 Å². The third kappa shape index (κ3) is 2.58. The zero-order valence-corrected chi connectivity index (χ0v) is 9.08. The third-order valence-corrected chi connectivity index (χ3v) is 3.43. The van der Waals surface area contributed by atoms with Gasteiger partial charge < -0.3 is 11.1 Å². The Morgan fingerprint density at radius 3 is 2.86 bits per heavy atom. The van der Waals surface area contributed by atoms with Crippen LogP contribution in [0.5, 0.6) is 0 Å². The Balaban J connectivity index is 1.58. The molecule has 0 saturated heterocycles. The van der Waals surface area contributed by atoms with Crippen molar-refractivity contribution in [3.63, 3.8) is 0 Å². The average molecular weight is 194 g/mol. The minimum Gasteiger partial charge on any atom is -0.324 e. The van der Waals surface area contributed by atoms with E-state index in [1.54, 1.807) is 0 Å². The van der Waals surface area contributed by atoms with Crippen molar-refractivity contribution < 1.29 is 0 Å². The van der Waals surface area contributed by atoms with Crippen molar-refractivity contribution in [2.45, 2.75) is 44.7 Å². The van der Waals surface area contributed by atoms with Crippen LogP contribution < -0.4 is 11.1 Å². The fourth-order valence-corrected chi connectivity index (χ4v) is 2.45. The van der Waals surface area contributed by atoms with E-state index in [0.29, 0.717) is 12.0 Å². The Bertz CT molecular complexity index is 212. The van der Waals surface area contributed by atoms with Gasteiger partial charge in [-0.3, -0.25) is 0 Å². The summed E-state index contributed by atoms with van der Waals surface area (Å²) < 4.78 is 0. The quantitative estimate of drug-likeness (QED) is 0.653. The molecule has 0 aliphatic heterocycles. The summed E-state index contributed by atoms with van der Waals surface area (Å²) in [6.07, 6.45) is 9.68. The Morgan fingerprint density at radius 1 is 1.36 bits per heavy atom. The summed E-state index contributed by atoms with van der Waals surface area (Å²) in [6.45, 7) is 3.41. The monoisotopic (exact) mass is 194 g/mol. The fourth-order valence-electron chi connectivity index (χ4n) is 2.45. The van der Waals surface area contributed by atoms with E-state index < -0.39 is 0 Å². The highest BCUT2D eigenvalue weighted by Crippen LogP contribution is 2.34. The zero-order chi connectivity index (χ0) is 9.97. The molecule has 0 aromatic carbocycles. The molecule has 2 aliphatic rings. The van der Waals surface area contributed by atoms with Crippen molar-refractivity contribution in [3.05, 3.63) is 12.2 Å². The maximum Gasteiger partial charge on any atom is 0.0229 e. The van der Waals surface area contributed by atoms with Crippen molar-refractivity contribution in [1.29, 1.82) is 0 Å². The third-order valence-electron chi connectivity index (χ3n) is 3.43. The predicted molar refractivity (Wildman–Crippen MR) is 60.0 cm³/mol. The molecule has 0 heterocycles. The molecule has 1 fully saturated rings. The van der Waals surface area contributed by atoms with Crippen molar-refractivity contribution in [1.82, 2.24) is 5.32 Å². The highest BCUT2D eigenvalue weighted by molar-refractivity contribution is 5.06. The van der Waals surface area contributed by atoms with Gasteiger partial charge in [-0.2, -0.15) is 0 Å². The van der Waals surface area contributed by atoms with E-state index in [-0.39, 0.29) is 0 Å². The summed E-state index contributed by atoms with van der Waals surface area (Å²) >= 11 is 0. The lowest BCUT2D eigenvalue weighted by molar-refractivity contribution is 0.507. The molecule has 0 aromatic rings. The second kappa shape index (κ2) is 4.45. The Morgan fingerprint density at radius 2 is 2.21 bits per heavy atom. The first kappa shape index (κ1) is 10.2. The van der Waals surface area contributed by atoms with Crippen LogP contribution in [0.25, 0.3) is 0 Å². The van der Waals surface area contributed by atoms with Crippen molar-refractivity contribution in [2.75, 3.05) is 6.54 Å². The van der Waals surface area contributed by atoms with Crippen LogP contribution in [0, 0.1) is 11.8 Å². The van der Waals surface area contributed by atoms with Gasteiger partial charge in [0.05, 0.1) is 0 Å². The average Bonchev–Trinajstić information content (AvgIpc) is 2.77. The van der Waals surface area contributed by atoms with Crippen LogP contribution in [-0.4, -0.2) is 18.6 Å². The molecule has 0 bridgehead atoms. The topological polar surface area (TPSA) is 38.0 Å². The van der Waals surface area contributed by atoms with Gasteiger partial charge in [-0.1, -0.05) is 25.5 Å². The standard InChI is InChI=1S/C12H22N2/c1-2-3-10-7-12(10)14-8-9-4-5-11(13)6-9/h4-5,9-12,14H,2-3,6-8,13H2,1H3. The molecule has 4 atom stereocenters. The van der Waals surface area contributed by atoms with Crippen molar-refractivity contribution >= 4 is 0 Å². The van der Waals surface area contributed by atoms with Crippen LogP contribution in [0.4, 0.5) is 0 Å². The van der Waals surface area contributed by atoms with Gasteiger partial charge in [-0.15, -0.1) is 0 Å². The van der Waals surface area contributed by atoms with E-state index in [1.165, 1.54) is 19.3 Å². The van der Waals surface area contributed by atoms with Crippen molar-refractivity contribution in [3.8, 4) is 0 Å². The largest absolute Gasteiger partial charge is 0.324 e. The molecule has 2 nitrogen and oxygen atoms in total. The van der Waals surface area contributed by atoms with Crippen LogP contribution in [0.3, 0.4) is 0 Å². The lowest BCUT2D eigenvalue weighted by Gasteiger charge is -2.10. The number of hydrogen-bond acceptors (Lipinski definition) is 2. The summed E-state index contributed by atoms with van der Waals surface area (Å²) in [5.41, 5.74) is 5.81. The summed E-state index contributed by atoms with van der Waals surface area (Å²) in [5, 5.41) is 3.65. The minimum atomic E-state index is 0.312.